The second-order valence-corrected chi connectivity index (χ2v) is 6.61. The number of fused-ring (bicyclic) bond motifs is 2. The fourth-order valence-corrected chi connectivity index (χ4v) is 3.43. The van der Waals surface area contributed by atoms with Crippen LogP contribution in [0, 0.1) is 5.41 Å². The van der Waals surface area contributed by atoms with E-state index in [0.29, 0.717) is 10.4 Å². The Hall–Kier alpha value is -0.790. The zero-order chi connectivity index (χ0) is 12.9. The van der Waals surface area contributed by atoms with Crippen molar-refractivity contribution < 1.29 is 0 Å². The fourth-order valence-electron chi connectivity index (χ4n) is 2.72. The molecular formula is C15H15Cl2N. The molecule has 2 aromatic rings. The standard InChI is InChI=1S/C15H15Cl2N/c1-15(2)7-6-9-12(8-15)18-11-5-3-4-10(16)13(11)14(9)17/h3-5H,6-8H2,1-2H3. The lowest BCUT2D eigenvalue weighted by molar-refractivity contribution is 0.311. The summed E-state index contributed by atoms with van der Waals surface area (Å²) in [6, 6.07) is 5.78. The summed E-state index contributed by atoms with van der Waals surface area (Å²) in [6.07, 6.45) is 3.14. The van der Waals surface area contributed by atoms with Gasteiger partial charge in [-0.2, -0.15) is 0 Å². The minimum atomic E-state index is 0.315. The highest BCUT2D eigenvalue weighted by Crippen LogP contribution is 2.40. The van der Waals surface area contributed by atoms with Crippen LogP contribution < -0.4 is 0 Å². The third-order valence-corrected chi connectivity index (χ3v) is 4.51. The van der Waals surface area contributed by atoms with Crippen molar-refractivity contribution in [2.45, 2.75) is 33.1 Å². The van der Waals surface area contributed by atoms with Crippen molar-refractivity contribution in [3.63, 3.8) is 0 Å². The number of hydrogen-bond acceptors (Lipinski definition) is 1. The topological polar surface area (TPSA) is 12.9 Å². The van der Waals surface area contributed by atoms with Crippen LogP contribution in [0.2, 0.25) is 10.0 Å². The molecule has 0 saturated carbocycles. The molecule has 0 saturated heterocycles. The molecule has 0 spiro atoms. The molecule has 1 aliphatic carbocycles. The van der Waals surface area contributed by atoms with E-state index < -0.39 is 0 Å². The van der Waals surface area contributed by atoms with Crippen molar-refractivity contribution in [3.8, 4) is 0 Å². The quantitative estimate of drug-likeness (QED) is 0.657. The van der Waals surface area contributed by atoms with Gasteiger partial charge < -0.3 is 0 Å². The number of aromatic nitrogens is 1. The first-order valence-electron chi connectivity index (χ1n) is 6.23. The number of benzene rings is 1. The molecule has 0 atom stereocenters. The Morgan fingerprint density at radius 2 is 2.00 bits per heavy atom. The molecule has 1 aromatic heterocycles. The van der Waals surface area contributed by atoms with Crippen molar-refractivity contribution in [2.75, 3.05) is 0 Å². The molecule has 3 rings (SSSR count). The maximum Gasteiger partial charge on any atom is 0.0735 e. The molecule has 3 heteroatoms. The van der Waals surface area contributed by atoms with Crippen LogP contribution in [0.3, 0.4) is 0 Å². The number of pyridine rings is 1. The molecule has 1 heterocycles. The highest BCUT2D eigenvalue weighted by molar-refractivity contribution is 6.42. The van der Waals surface area contributed by atoms with Crippen LogP contribution in [0.1, 0.15) is 31.5 Å². The zero-order valence-electron chi connectivity index (χ0n) is 10.6. The van der Waals surface area contributed by atoms with E-state index in [9.17, 15) is 0 Å². The van der Waals surface area contributed by atoms with Gasteiger partial charge in [-0.25, -0.2) is 0 Å². The molecule has 0 unspecified atom stereocenters. The summed E-state index contributed by atoms with van der Waals surface area (Å²) in [5.74, 6) is 0. The van der Waals surface area contributed by atoms with Gasteiger partial charge in [-0.3, -0.25) is 4.98 Å². The van der Waals surface area contributed by atoms with Gasteiger partial charge in [-0.15, -0.1) is 0 Å². The first-order chi connectivity index (χ1) is 8.48. The summed E-state index contributed by atoms with van der Waals surface area (Å²) in [4.78, 5) is 4.76. The third kappa shape index (κ3) is 1.90. The normalized spacial score (nSPS) is 17.8. The van der Waals surface area contributed by atoms with Crippen LogP contribution in [-0.2, 0) is 12.8 Å². The Bertz CT molecular complexity index is 632. The summed E-state index contributed by atoms with van der Waals surface area (Å²) >= 11 is 12.8. The van der Waals surface area contributed by atoms with E-state index in [1.165, 1.54) is 5.56 Å². The molecular weight excluding hydrogens is 265 g/mol. The second-order valence-electron chi connectivity index (χ2n) is 5.83. The lowest BCUT2D eigenvalue weighted by Crippen LogP contribution is -2.23. The van der Waals surface area contributed by atoms with E-state index in [2.05, 4.69) is 13.8 Å². The van der Waals surface area contributed by atoms with Gasteiger partial charge >= 0.3 is 0 Å². The van der Waals surface area contributed by atoms with E-state index >= 15 is 0 Å². The minimum absolute atomic E-state index is 0.315. The Balaban J connectivity index is 2.30. The van der Waals surface area contributed by atoms with Gasteiger partial charge in [0.05, 0.1) is 15.6 Å². The molecule has 18 heavy (non-hydrogen) atoms. The Kier molecular flexibility index (Phi) is 2.80. The van der Waals surface area contributed by atoms with Crippen molar-refractivity contribution in [1.29, 1.82) is 0 Å². The van der Waals surface area contributed by atoms with Crippen LogP contribution in [0.15, 0.2) is 18.2 Å². The van der Waals surface area contributed by atoms with Crippen molar-refractivity contribution in [3.05, 3.63) is 39.5 Å². The number of rotatable bonds is 0. The summed E-state index contributed by atoms with van der Waals surface area (Å²) in [5, 5.41) is 2.40. The van der Waals surface area contributed by atoms with Gasteiger partial charge in [0.25, 0.3) is 0 Å². The predicted octanol–water partition coefficient (Wildman–Crippen LogP) is 5.06. The summed E-state index contributed by atoms with van der Waals surface area (Å²) < 4.78 is 0. The molecule has 94 valence electrons. The highest BCUT2D eigenvalue weighted by atomic mass is 35.5. The van der Waals surface area contributed by atoms with E-state index in [4.69, 9.17) is 28.2 Å². The monoisotopic (exact) mass is 279 g/mol. The van der Waals surface area contributed by atoms with Crippen LogP contribution in [0.5, 0.6) is 0 Å². The molecule has 0 radical (unpaired) electrons. The molecule has 1 aromatic carbocycles. The molecule has 0 N–H and O–H groups in total. The lowest BCUT2D eigenvalue weighted by atomic mass is 9.76. The number of nitrogens with zero attached hydrogens (tertiary/aromatic N) is 1. The van der Waals surface area contributed by atoms with Gasteiger partial charge in [0, 0.05) is 11.1 Å². The van der Waals surface area contributed by atoms with Gasteiger partial charge in [0.15, 0.2) is 0 Å². The second kappa shape index (κ2) is 4.11. The zero-order valence-corrected chi connectivity index (χ0v) is 12.1. The van der Waals surface area contributed by atoms with Crippen LogP contribution >= 0.6 is 23.2 Å². The minimum Gasteiger partial charge on any atom is -0.252 e. The molecule has 0 bridgehead atoms. The molecule has 0 amide bonds. The molecule has 1 nitrogen and oxygen atoms in total. The van der Waals surface area contributed by atoms with Gasteiger partial charge in [0.2, 0.25) is 0 Å². The third-order valence-electron chi connectivity index (χ3n) is 3.78. The van der Waals surface area contributed by atoms with Crippen molar-refractivity contribution in [2.24, 2.45) is 5.41 Å². The van der Waals surface area contributed by atoms with E-state index in [1.807, 2.05) is 18.2 Å². The van der Waals surface area contributed by atoms with Gasteiger partial charge in [0.1, 0.15) is 0 Å². The van der Waals surface area contributed by atoms with Crippen molar-refractivity contribution >= 4 is 34.1 Å². The summed E-state index contributed by atoms with van der Waals surface area (Å²) in [7, 11) is 0. The van der Waals surface area contributed by atoms with Crippen LogP contribution in [0.25, 0.3) is 10.9 Å². The van der Waals surface area contributed by atoms with E-state index in [1.54, 1.807) is 0 Å². The van der Waals surface area contributed by atoms with Crippen molar-refractivity contribution in [1.82, 2.24) is 4.98 Å². The van der Waals surface area contributed by atoms with Gasteiger partial charge in [-0.1, -0.05) is 43.1 Å². The van der Waals surface area contributed by atoms with E-state index in [-0.39, 0.29) is 0 Å². The molecule has 1 aliphatic rings. The number of halogens is 2. The van der Waals surface area contributed by atoms with Crippen LogP contribution in [0.4, 0.5) is 0 Å². The largest absolute Gasteiger partial charge is 0.252 e. The predicted molar refractivity (Wildman–Crippen MR) is 77.6 cm³/mol. The SMILES string of the molecule is CC1(C)CCc2c(nc3cccc(Cl)c3c2Cl)C1. The van der Waals surface area contributed by atoms with Gasteiger partial charge in [-0.05, 0) is 42.4 Å². The van der Waals surface area contributed by atoms with Crippen LogP contribution in [-0.4, -0.2) is 4.98 Å². The molecule has 0 fully saturated rings. The lowest BCUT2D eigenvalue weighted by Gasteiger charge is -2.31. The Labute approximate surface area is 117 Å². The average Bonchev–Trinajstić information content (AvgIpc) is 2.27. The van der Waals surface area contributed by atoms with E-state index in [0.717, 1.165) is 40.9 Å². The maximum atomic E-state index is 6.53. The smallest absolute Gasteiger partial charge is 0.0735 e. The average molecular weight is 280 g/mol. The first kappa shape index (κ1) is 12.3. The highest BCUT2D eigenvalue weighted by Gasteiger charge is 2.28. The molecule has 0 aliphatic heterocycles. The Morgan fingerprint density at radius 3 is 2.78 bits per heavy atom. The Morgan fingerprint density at radius 1 is 1.22 bits per heavy atom. The number of hydrogen-bond donors (Lipinski definition) is 0. The summed E-state index contributed by atoms with van der Waals surface area (Å²) in [6.45, 7) is 4.57. The maximum absolute atomic E-state index is 6.53. The fraction of sp³-hybridized carbons (Fsp3) is 0.400. The first-order valence-corrected chi connectivity index (χ1v) is 6.99. The summed E-state index contributed by atoms with van der Waals surface area (Å²) in [5.41, 5.74) is 3.56.